The van der Waals surface area contributed by atoms with Crippen LogP contribution in [0.15, 0.2) is 36.7 Å². The number of allylic oxidation sites excluding steroid dienone is 1. The van der Waals surface area contributed by atoms with Gasteiger partial charge in [-0.05, 0) is 18.6 Å². The highest BCUT2D eigenvalue weighted by atomic mass is 16.1. The average Bonchev–Trinajstić information content (AvgIpc) is 2.04. The molecule has 1 heterocycles. The van der Waals surface area contributed by atoms with Crippen LogP contribution >= 0.6 is 0 Å². The summed E-state index contributed by atoms with van der Waals surface area (Å²) in [4.78, 5) is 10.9. The van der Waals surface area contributed by atoms with Gasteiger partial charge in [0.15, 0.2) is 18.2 Å². The van der Waals surface area contributed by atoms with Gasteiger partial charge in [-0.25, -0.2) is 4.57 Å². The number of carbonyl (C=O) groups excluding carboxylic acids is 1. The SMILES string of the molecule is C=C(Cc1ccc[n+](C)c1)C(C)=O. The van der Waals surface area contributed by atoms with E-state index >= 15 is 0 Å². The Morgan fingerprint density at radius 1 is 1.62 bits per heavy atom. The minimum atomic E-state index is 0.0616. The summed E-state index contributed by atoms with van der Waals surface area (Å²) in [6, 6.07) is 3.96. The van der Waals surface area contributed by atoms with Gasteiger partial charge in [-0.2, -0.15) is 0 Å². The first-order chi connectivity index (χ1) is 6.09. The summed E-state index contributed by atoms with van der Waals surface area (Å²) in [6.07, 6.45) is 4.60. The molecular formula is C11H14NO+. The third-order valence-electron chi connectivity index (χ3n) is 1.92. The number of rotatable bonds is 3. The second-order valence-corrected chi connectivity index (χ2v) is 3.21. The Kier molecular flexibility index (Phi) is 2.96. The van der Waals surface area contributed by atoms with Gasteiger partial charge in [0, 0.05) is 18.1 Å². The lowest BCUT2D eigenvalue weighted by Crippen LogP contribution is -2.27. The maximum absolute atomic E-state index is 10.9. The van der Waals surface area contributed by atoms with E-state index in [0.29, 0.717) is 12.0 Å². The molecule has 1 aromatic rings. The summed E-state index contributed by atoms with van der Waals surface area (Å²) in [7, 11) is 1.96. The molecule has 1 aromatic heterocycles. The Morgan fingerprint density at radius 2 is 2.31 bits per heavy atom. The van der Waals surface area contributed by atoms with Crippen molar-refractivity contribution in [3.63, 3.8) is 0 Å². The van der Waals surface area contributed by atoms with Gasteiger partial charge in [0.2, 0.25) is 0 Å². The predicted molar refractivity (Wildman–Crippen MR) is 51.1 cm³/mol. The monoisotopic (exact) mass is 176 g/mol. The first-order valence-corrected chi connectivity index (χ1v) is 4.22. The number of pyridine rings is 1. The van der Waals surface area contributed by atoms with Crippen LogP contribution in [0.5, 0.6) is 0 Å². The maximum Gasteiger partial charge on any atom is 0.172 e. The van der Waals surface area contributed by atoms with E-state index in [9.17, 15) is 4.79 Å². The number of Topliss-reactive ketones (excluding diaryl/α,β-unsaturated/α-hetero) is 1. The van der Waals surface area contributed by atoms with Crippen LogP contribution in [0.25, 0.3) is 0 Å². The van der Waals surface area contributed by atoms with E-state index in [0.717, 1.165) is 5.56 Å². The zero-order valence-electron chi connectivity index (χ0n) is 8.08. The van der Waals surface area contributed by atoms with Crippen LogP contribution in [0.3, 0.4) is 0 Å². The van der Waals surface area contributed by atoms with Crippen molar-refractivity contribution < 1.29 is 9.36 Å². The summed E-state index contributed by atoms with van der Waals surface area (Å²) in [6.45, 7) is 5.27. The molecule has 0 saturated carbocycles. The lowest BCUT2D eigenvalue weighted by atomic mass is 10.1. The summed E-state index contributed by atoms with van der Waals surface area (Å²) in [5.74, 6) is 0.0616. The van der Waals surface area contributed by atoms with Crippen LogP contribution < -0.4 is 4.57 Å². The van der Waals surface area contributed by atoms with Gasteiger partial charge in [0.1, 0.15) is 7.05 Å². The number of hydrogen-bond acceptors (Lipinski definition) is 1. The highest BCUT2D eigenvalue weighted by Crippen LogP contribution is 2.04. The van der Waals surface area contributed by atoms with E-state index in [4.69, 9.17) is 0 Å². The molecule has 0 unspecified atom stereocenters. The number of nitrogens with zero attached hydrogens (tertiary/aromatic N) is 1. The minimum absolute atomic E-state index is 0.0616. The van der Waals surface area contributed by atoms with Crippen LogP contribution in [0, 0.1) is 0 Å². The second kappa shape index (κ2) is 3.99. The Balaban J connectivity index is 2.75. The van der Waals surface area contributed by atoms with Gasteiger partial charge in [0.05, 0.1) is 0 Å². The van der Waals surface area contributed by atoms with Crippen molar-refractivity contribution in [1.82, 2.24) is 0 Å². The van der Waals surface area contributed by atoms with Gasteiger partial charge in [-0.15, -0.1) is 0 Å². The maximum atomic E-state index is 10.9. The molecule has 2 heteroatoms. The van der Waals surface area contributed by atoms with Crippen molar-refractivity contribution in [2.24, 2.45) is 7.05 Å². The molecule has 0 aromatic carbocycles. The fourth-order valence-corrected chi connectivity index (χ4v) is 1.13. The van der Waals surface area contributed by atoms with Crippen LogP contribution in [-0.2, 0) is 18.3 Å². The molecule has 0 bridgehead atoms. The number of aryl methyl sites for hydroxylation is 1. The smallest absolute Gasteiger partial charge is 0.172 e. The molecule has 0 aliphatic rings. The molecule has 1 rings (SSSR count). The Hall–Kier alpha value is -1.44. The topological polar surface area (TPSA) is 20.9 Å². The molecule has 0 aliphatic heterocycles. The van der Waals surface area contributed by atoms with Crippen LogP contribution in [0.1, 0.15) is 12.5 Å². The normalized spacial score (nSPS) is 9.69. The lowest BCUT2D eigenvalue weighted by Gasteiger charge is -1.99. The van der Waals surface area contributed by atoms with Crippen molar-refractivity contribution in [3.8, 4) is 0 Å². The predicted octanol–water partition coefficient (Wildman–Crippen LogP) is 1.20. The molecule has 0 radical (unpaired) electrons. The molecular weight excluding hydrogens is 162 g/mol. The molecule has 0 spiro atoms. The summed E-state index contributed by atoms with van der Waals surface area (Å²) in [5.41, 5.74) is 1.77. The average molecular weight is 176 g/mol. The fraction of sp³-hybridized carbons (Fsp3) is 0.273. The van der Waals surface area contributed by atoms with Gasteiger partial charge in [-0.1, -0.05) is 6.58 Å². The number of carbonyl (C=O) groups is 1. The summed E-state index contributed by atoms with van der Waals surface area (Å²) >= 11 is 0. The zero-order chi connectivity index (χ0) is 9.84. The molecule has 0 fully saturated rings. The lowest BCUT2D eigenvalue weighted by molar-refractivity contribution is -0.671. The quantitative estimate of drug-likeness (QED) is 0.500. The van der Waals surface area contributed by atoms with Gasteiger partial charge in [-0.3, -0.25) is 4.79 Å². The second-order valence-electron chi connectivity index (χ2n) is 3.21. The number of hydrogen-bond donors (Lipinski definition) is 0. The van der Waals surface area contributed by atoms with Crippen LogP contribution in [0.2, 0.25) is 0 Å². The Morgan fingerprint density at radius 3 is 2.85 bits per heavy atom. The third-order valence-corrected chi connectivity index (χ3v) is 1.92. The molecule has 0 aliphatic carbocycles. The molecule has 68 valence electrons. The van der Waals surface area contributed by atoms with Crippen molar-refractivity contribution in [1.29, 1.82) is 0 Å². The minimum Gasteiger partial charge on any atom is -0.295 e. The molecule has 0 atom stereocenters. The van der Waals surface area contributed by atoms with E-state index in [1.54, 1.807) is 6.92 Å². The zero-order valence-corrected chi connectivity index (χ0v) is 8.08. The highest BCUT2D eigenvalue weighted by Gasteiger charge is 2.04. The first-order valence-electron chi connectivity index (χ1n) is 4.22. The summed E-state index contributed by atoms with van der Waals surface area (Å²) in [5, 5.41) is 0. The van der Waals surface area contributed by atoms with E-state index < -0.39 is 0 Å². The van der Waals surface area contributed by atoms with Gasteiger partial charge >= 0.3 is 0 Å². The van der Waals surface area contributed by atoms with Gasteiger partial charge in [0.25, 0.3) is 0 Å². The molecule has 0 N–H and O–H groups in total. The van der Waals surface area contributed by atoms with Crippen molar-refractivity contribution in [2.45, 2.75) is 13.3 Å². The molecule has 13 heavy (non-hydrogen) atoms. The van der Waals surface area contributed by atoms with Crippen LogP contribution in [0.4, 0.5) is 0 Å². The first kappa shape index (κ1) is 9.65. The largest absolute Gasteiger partial charge is 0.295 e. The number of ketones is 1. The molecule has 2 nitrogen and oxygen atoms in total. The van der Waals surface area contributed by atoms with Crippen LogP contribution in [-0.4, -0.2) is 5.78 Å². The summed E-state index contributed by atoms with van der Waals surface area (Å²) < 4.78 is 1.96. The highest BCUT2D eigenvalue weighted by molar-refractivity contribution is 5.92. The standard InChI is InChI=1S/C11H14NO/c1-9(10(2)13)7-11-5-4-6-12(3)8-11/h4-6,8H,1,7H2,2-3H3/q+1. The van der Waals surface area contributed by atoms with E-state index in [1.165, 1.54) is 0 Å². The Bertz CT molecular complexity index is 342. The molecule has 0 amide bonds. The van der Waals surface area contributed by atoms with E-state index in [2.05, 4.69) is 6.58 Å². The van der Waals surface area contributed by atoms with E-state index in [-0.39, 0.29) is 5.78 Å². The van der Waals surface area contributed by atoms with Crippen molar-refractivity contribution in [3.05, 3.63) is 42.2 Å². The van der Waals surface area contributed by atoms with Crippen molar-refractivity contribution in [2.75, 3.05) is 0 Å². The molecule has 0 saturated heterocycles. The van der Waals surface area contributed by atoms with E-state index in [1.807, 2.05) is 36.1 Å². The third kappa shape index (κ3) is 2.82. The fourth-order valence-electron chi connectivity index (χ4n) is 1.13. The number of aromatic nitrogens is 1. The van der Waals surface area contributed by atoms with Gasteiger partial charge < -0.3 is 0 Å². The Labute approximate surface area is 78.5 Å². The van der Waals surface area contributed by atoms with Crippen molar-refractivity contribution >= 4 is 5.78 Å².